The van der Waals surface area contributed by atoms with Gasteiger partial charge in [-0.05, 0) is 37.3 Å². The van der Waals surface area contributed by atoms with E-state index in [9.17, 15) is 9.50 Å². The number of benzene rings is 1. The predicted octanol–water partition coefficient (Wildman–Crippen LogP) is 1.96. The fraction of sp³-hybridized carbons (Fsp3) is 0.500. The minimum atomic E-state index is -0.544. The van der Waals surface area contributed by atoms with Gasteiger partial charge in [0.25, 0.3) is 0 Å². The molecule has 0 aromatic heterocycles. The third kappa shape index (κ3) is 2.27. The van der Waals surface area contributed by atoms with Crippen molar-refractivity contribution >= 4 is 0 Å². The number of rotatable bonds is 4. The molecular formula is C12H16FNO2. The summed E-state index contributed by atoms with van der Waals surface area (Å²) in [5.41, 5.74) is 6.59. The zero-order valence-corrected chi connectivity index (χ0v) is 9.29. The standard InChI is InChI=1S/C12H16FNO2/c1-16-11-6-8(10(15)7-9(11)13)2-3-12(14)4-5-12/h6-7,15H,2-5,14H2,1H3. The second kappa shape index (κ2) is 3.94. The third-order valence-electron chi connectivity index (χ3n) is 3.14. The van der Waals surface area contributed by atoms with E-state index in [0.29, 0.717) is 12.0 Å². The fourth-order valence-electron chi connectivity index (χ4n) is 1.74. The van der Waals surface area contributed by atoms with Crippen molar-refractivity contribution in [2.75, 3.05) is 7.11 Å². The van der Waals surface area contributed by atoms with Crippen molar-refractivity contribution in [1.82, 2.24) is 0 Å². The van der Waals surface area contributed by atoms with Crippen LogP contribution in [0.15, 0.2) is 12.1 Å². The molecule has 88 valence electrons. The van der Waals surface area contributed by atoms with Crippen LogP contribution in [0.2, 0.25) is 0 Å². The number of ether oxygens (including phenoxy) is 1. The minimum absolute atomic E-state index is 0.0254. The molecule has 1 aromatic carbocycles. The molecule has 0 aliphatic heterocycles. The van der Waals surface area contributed by atoms with Crippen LogP contribution in [-0.4, -0.2) is 17.8 Å². The van der Waals surface area contributed by atoms with E-state index in [0.717, 1.165) is 25.3 Å². The fourth-order valence-corrected chi connectivity index (χ4v) is 1.74. The van der Waals surface area contributed by atoms with Gasteiger partial charge in [0, 0.05) is 11.6 Å². The van der Waals surface area contributed by atoms with E-state index in [1.54, 1.807) is 0 Å². The van der Waals surface area contributed by atoms with Gasteiger partial charge in [0.2, 0.25) is 0 Å². The van der Waals surface area contributed by atoms with E-state index < -0.39 is 5.82 Å². The van der Waals surface area contributed by atoms with Gasteiger partial charge in [-0.1, -0.05) is 0 Å². The molecule has 1 saturated carbocycles. The molecule has 2 rings (SSSR count). The molecule has 0 atom stereocenters. The lowest BCUT2D eigenvalue weighted by molar-refractivity contribution is 0.380. The van der Waals surface area contributed by atoms with E-state index in [1.165, 1.54) is 13.2 Å². The van der Waals surface area contributed by atoms with Crippen LogP contribution >= 0.6 is 0 Å². The number of aromatic hydroxyl groups is 1. The van der Waals surface area contributed by atoms with Crippen molar-refractivity contribution in [3.8, 4) is 11.5 Å². The lowest BCUT2D eigenvalue weighted by atomic mass is 10.0. The Balaban J connectivity index is 2.13. The molecular weight excluding hydrogens is 209 g/mol. The Morgan fingerprint density at radius 2 is 2.19 bits per heavy atom. The average Bonchev–Trinajstić information content (AvgIpc) is 2.96. The van der Waals surface area contributed by atoms with E-state index in [2.05, 4.69) is 0 Å². The molecule has 0 amide bonds. The summed E-state index contributed by atoms with van der Waals surface area (Å²) in [6.45, 7) is 0. The van der Waals surface area contributed by atoms with Gasteiger partial charge in [-0.3, -0.25) is 0 Å². The Morgan fingerprint density at radius 3 is 2.75 bits per heavy atom. The maximum absolute atomic E-state index is 13.2. The van der Waals surface area contributed by atoms with Gasteiger partial charge >= 0.3 is 0 Å². The Bertz CT molecular complexity index is 402. The van der Waals surface area contributed by atoms with Gasteiger partial charge in [0.15, 0.2) is 11.6 Å². The number of hydrogen-bond donors (Lipinski definition) is 2. The lowest BCUT2D eigenvalue weighted by Crippen LogP contribution is -2.22. The van der Waals surface area contributed by atoms with E-state index >= 15 is 0 Å². The second-order valence-corrected chi connectivity index (χ2v) is 4.48. The molecule has 16 heavy (non-hydrogen) atoms. The molecule has 0 radical (unpaired) electrons. The number of phenols is 1. The van der Waals surface area contributed by atoms with Gasteiger partial charge in [0.05, 0.1) is 7.11 Å². The number of aryl methyl sites for hydroxylation is 1. The summed E-state index contributed by atoms with van der Waals surface area (Å²) in [7, 11) is 1.41. The molecule has 3 nitrogen and oxygen atoms in total. The first-order valence-corrected chi connectivity index (χ1v) is 5.38. The number of hydrogen-bond acceptors (Lipinski definition) is 3. The zero-order chi connectivity index (χ0) is 11.8. The quantitative estimate of drug-likeness (QED) is 0.823. The molecule has 1 aliphatic rings. The highest BCUT2D eigenvalue weighted by atomic mass is 19.1. The number of phenolic OH excluding ortho intramolecular Hbond substituents is 1. The molecule has 1 fully saturated rings. The predicted molar refractivity (Wildman–Crippen MR) is 59.1 cm³/mol. The van der Waals surface area contributed by atoms with Gasteiger partial charge in [-0.2, -0.15) is 0 Å². The number of halogens is 1. The molecule has 0 spiro atoms. The average molecular weight is 225 g/mol. The summed E-state index contributed by atoms with van der Waals surface area (Å²) in [4.78, 5) is 0. The van der Waals surface area contributed by atoms with Crippen LogP contribution < -0.4 is 10.5 Å². The summed E-state index contributed by atoms with van der Waals surface area (Å²) < 4.78 is 18.1. The molecule has 0 saturated heterocycles. The Kier molecular flexibility index (Phi) is 2.76. The maximum Gasteiger partial charge on any atom is 0.168 e. The lowest BCUT2D eigenvalue weighted by Gasteiger charge is -2.11. The Morgan fingerprint density at radius 1 is 1.50 bits per heavy atom. The van der Waals surface area contributed by atoms with Crippen LogP contribution in [0.5, 0.6) is 11.5 Å². The maximum atomic E-state index is 13.2. The molecule has 0 heterocycles. The van der Waals surface area contributed by atoms with Crippen LogP contribution in [0.1, 0.15) is 24.8 Å². The zero-order valence-electron chi connectivity index (χ0n) is 9.29. The second-order valence-electron chi connectivity index (χ2n) is 4.48. The summed E-state index contributed by atoms with van der Waals surface area (Å²) in [5.74, 6) is -0.408. The van der Waals surface area contributed by atoms with Crippen molar-refractivity contribution < 1.29 is 14.2 Å². The first-order chi connectivity index (χ1) is 7.54. The summed E-state index contributed by atoms with van der Waals surface area (Å²) in [6, 6.07) is 2.63. The minimum Gasteiger partial charge on any atom is -0.508 e. The van der Waals surface area contributed by atoms with Crippen molar-refractivity contribution in [3.63, 3.8) is 0 Å². The van der Waals surface area contributed by atoms with Crippen LogP contribution in [0.4, 0.5) is 4.39 Å². The molecule has 1 aliphatic carbocycles. The first kappa shape index (κ1) is 11.2. The molecule has 0 unspecified atom stereocenters. The van der Waals surface area contributed by atoms with Gasteiger partial charge in [-0.25, -0.2) is 4.39 Å². The van der Waals surface area contributed by atoms with Crippen LogP contribution in [0, 0.1) is 5.82 Å². The van der Waals surface area contributed by atoms with Crippen molar-refractivity contribution in [3.05, 3.63) is 23.5 Å². The normalized spacial score (nSPS) is 17.2. The van der Waals surface area contributed by atoms with Crippen LogP contribution in [0.25, 0.3) is 0 Å². The summed E-state index contributed by atoms with van der Waals surface area (Å²) >= 11 is 0. The summed E-state index contributed by atoms with van der Waals surface area (Å²) in [6.07, 6.45) is 3.53. The SMILES string of the molecule is COc1cc(CCC2(N)CC2)c(O)cc1F. The Hall–Kier alpha value is -1.29. The molecule has 0 bridgehead atoms. The van der Waals surface area contributed by atoms with Gasteiger partial charge in [0.1, 0.15) is 5.75 Å². The smallest absolute Gasteiger partial charge is 0.168 e. The summed E-state index contributed by atoms with van der Waals surface area (Å²) in [5, 5.41) is 9.59. The first-order valence-electron chi connectivity index (χ1n) is 5.38. The molecule has 4 heteroatoms. The highest BCUT2D eigenvalue weighted by Crippen LogP contribution is 2.38. The number of methoxy groups -OCH3 is 1. The van der Waals surface area contributed by atoms with E-state index in [4.69, 9.17) is 10.5 Å². The van der Waals surface area contributed by atoms with Crippen molar-refractivity contribution in [2.45, 2.75) is 31.2 Å². The van der Waals surface area contributed by atoms with Gasteiger partial charge < -0.3 is 15.6 Å². The monoisotopic (exact) mass is 225 g/mol. The third-order valence-corrected chi connectivity index (χ3v) is 3.14. The highest BCUT2D eigenvalue weighted by molar-refractivity contribution is 5.40. The molecule has 3 N–H and O–H groups in total. The van der Waals surface area contributed by atoms with Crippen LogP contribution in [-0.2, 0) is 6.42 Å². The van der Waals surface area contributed by atoms with Crippen molar-refractivity contribution in [1.29, 1.82) is 0 Å². The topological polar surface area (TPSA) is 55.5 Å². The van der Waals surface area contributed by atoms with E-state index in [-0.39, 0.29) is 17.0 Å². The largest absolute Gasteiger partial charge is 0.508 e. The molecule has 1 aromatic rings. The number of nitrogens with two attached hydrogens (primary N) is 1. The van der Waals surface area contributed by atoms with Crippen LogP contribution in [0.3, 0.4) is 0 Å². The van der Waals surface area contributed by atoms with E-state index in [1.807, 2.05) is 0 Å². The van der Waals surface area contributed by atoms with Gasteiger partial charge in [-0.15, -0.1) is 0 Å². The highest BCUT2D eigenvalue weighted by Gasteiger charge is 2.37. The van der Waals surface area contributed by atoms with Crippen molar-refractivity contribution in [2.24, 2.45) is 5.73 Å². The Labute approximate surface area is 94.0 Å².